The Bertz CT molecular complexity index is 393. The molecule has 0 aliphatic carbocycles. The van der Waals surface area contributed by atoms with Crippen LogP contribution in [0.3, 0.4) is 0 Å². The van der Waals surface area contributed by atoms with Crippen LogP contribution in [0.1, 0.15) is 11.1 Å². The lowest BCUT2D eigenvalue weighted by atomic mass is 10.2. The SMILES string of the molecule is CNC(COC)CS(=O)c1ccc(C)cc1C. The van der Waals surface area contributed by atoms with Gasteiger partial charge in [0.25, 0.3) is 0 Å². The smallest absolute Gasteiger partial charge is 0.0624 e. The van der Waals surface area contributed by atoms with E-state index in [4.69, 9.17) is 4.74 Å². The van der Waals surface area contributed by atoms with E-state index in [9.17, 15) is 4.21 Å². The summed E-state index contributed by atoms with van der Waals surface area (Å²) in [6.45, 7) is 4.62. The molecule has 0 saturated carbocycles. The maximum Gasteiger partial charge on any atom is 0.0624 e. The van der Waals surface area contributed by atoms with Crippen LogP contribution in [0.4, 0.5) is 0 Å². The van der Waals surface area contributed by atoms with E-state index in [0.717, 1.165) is 10.5 Å². The molecule has 1 N–H and O–H groups in total. The molecule has 0 radical (unpaired) electrons. The molecule has 0 bridgehead atoms. The van der Waals surface area contributed by atoms with Crippen LogP contribution < -0.4 is 5.32 Å². The second-order valence-electron chi connectivity index (χ2n) is 4.22. The fourth-order valence-electron chi connectivity index (χ4n) is 1.74. The lowest BCUT2D eigenvalue weighted by molar-refractivity contribution is 0.176. The molecular formula is C13H21NO2S. The van der Waals surface area contributed by atoms with Crippen molar-refractivity contribution in [2.45, 2.75) is 24.8 Å². The van der Waals surface area contributed by atoms with Crippen LogP contribution in [-0.4, -0.2) is 36.8 Å². The number of nitrogens with one attached hydrogen (secondary N) is 1. The van der Waals surface area contributed by atoms with E-state index < -0.39 is 10.8 Å². The zero-order valence-electron chi connectivity index (χ0n) is 10.9. The average molecular weight is 255 g/mol. The number of aryl methyl sites for hydroxylation is 2. The molecule has 1 aromatic rings. The molecule has 4 heteroatoms. The van der Waals surface area contributed by atoms with E-state index in [1.54, 1.807) is 7.11 Å². The van der Waals surface area contributed by atoms with Crippen molar-refractivity contribution >= 4 is 10.8 Å². The molecule has 96 valence electrons. The fraction of sp³-hybridized carbons (Fsp3) is 0.538. The molecule has 0 aromatic heterocycles. The largest absolute Gasteiger partial charge is 0.383 e. The minimum absolute atomic E-state index is 0.126. The number of benzene rings is 1. The Morgan fingerprint density at radius 2 is 2.12 bits per heavy atom. The maximum absolute atomic E-state index is 12.2. The minimum Gasteiger partial charge on any atom is -0.383 e. The lowest BCUT2D eigenvalue weighted by Crippen LogP contribution is -2.35. The third-order valence-electron chi connectivity index (χ3n) is 2.70. The number of methoxy groups -OCH3 is 1. The topological polar surface area (TPSA) is 38.3 Å². The number of likely N-dealkylation sites (N-methyl/N-ethyl adjacent to an activating group) is 1. The standard InChI is InChI=1S/C13H21NO2S/c1-10-5-6-13(11(2)7-10)17(15)9-12(14-3)8-16-4/h5-7,12,14H,8-9H2,1-4H3. The highest BCUT2D eigenvalue weighted by atomic mass is 32.2. The fourth-order valence-corrected chi connectivity index (χ4v) is 3.19. The first-order valence-electron chi connectivity index (χ1n) is 5.70. The van der Waals surface area contributed by atoms with Crippen LogP contribution in [0.2, 0.25) is 0 Å². The third-order valence-corrected chi connectivity index (χ3v) is 4.36. The van der Waals surface area contributed by atoms with Gasteiger partial charge in [0.1, 0.15) is 0 Å². The predicted octanol–water partition coefficient (Wildman–Crippen LogP) is 1.65. The number of rotatable bonds is 6. The van der Waals surface area contributed by atoms with Crippen LogP contribution >= 0.6 is 0 Å². The Morgan fingerprint density at radius 3 is 2.65 bits per heavy atom. The summed E-state index contributed by atoms with van der Waals surface area (Å²) in [4.78, 5) is 0.923. The van der Waals surface area contributed by atoms with Crippen LogP contribution in [0.15, 0.2) is 23.1 Å². The van der Waals surface area contributed by atoms with E-state index in [0.29, 0.717) is 12.4 Å². The van der Waals surface area contributed by atoms with Gasteiger partial charge in [-0.25, -0.2) is 0 Å². The first-order valence-corrected chi connectivity index (χ1v) is 7.02. The van der Waals surface area contributed by atoms with Gasteiger partial charge >= 0.3 is 0 Å². The Hall–Kier alpha value is -0.710. The van der Waals surface area contributed by atoms with Crippen LogP contribution in [-0.2, 0) is 15.5 Å². The van der Waals surface area contributed by atoms with Gasteiger partial charge in [-0.3, -0.25) is 4.21 Å². The summed E-state index contributed by atoms with van der Waals surface area (Å²) in [6.07, 6.45) is 0. The quantitative estimate of drug-likeness (QED) is 0.840. The summed E-state index contributed by atoms with van der Waals surface area (Å²) in [5.74, 6) is 0.578. The highest BCUT2D eigenvalue weighted by Crippen LogP contribution is 2.15. The molecule has 0 aliphatic heterocycles. The van der Waals surface area contributed by atoms with Crippen molar-refractivity contribution in [3.8, 4) is 0 Å². The zero-order valence-corrected chi connectivity index (χ0v) is 11.8. The molecule has 17 heavy (non-hydrogen) atoms. The van der Waals surface area contributed by atoms with Gasteiger partial charge in [-0.05, 0) is 32.5 Å². The highest BCUT2D eigenvalue weighted by Gasteiger charge is 2.13. The second kappa shape index (κ2) is 6.89. The van der Waals surface area contributed by atoms with Crippen molar-refractivity contribution in [1.29, 1.82) is 0 Å². The summed E-state index contributed by atoms with van der Waals surface area (Å²) in [6, 6.07) is 6.16. The maximum atomic E-state index is 12.2. The first-order chi connectivity index (χ1) is 8.08. The molecule has 3 nitrogen and oxygen atoms in total. The van der Waals surface area contributed by atoms with E-state index in [-0.39, 0.29) is 6.04 Å². The van der Waals surface area contributed by atoms with Gasteiger partial charge in [0.2, 0.25) is 0 Å². The third kappa shape index (κ3) is 4.22. The van der Waals surface area contributed by atoms with E-state index in [2.05, 4.69) is 11.4 Å². The Balaban J connectivity index is 2.75. The van der Waals surface area contributed by atoms with Crippen molar-refractivity contribution in [3.05, 3.63) is 29.3 Å². The van der Waals surface area contributed by atoms with Gasteiger partial charge in [0.05, 0.1) is 17.4 Å². The molecule has 2 atom stereocenters. The summed E-state index contributed by atoms with van der Waals surface area (Å²) in [5.41, 5.74) is 2.29. The molecule has 0 heterocycles. The van der Waals surface area contributed by atoms with Crippen LogP contribution in [0.25, 0.3) is 0 Å². The molecule has 1 rings (SSSR count). The minimum atomic E-state index is -0.977. The van der Waals surface area contributed by atoms with Crippen molar-refractivity contribution in [1.82, 2.24) is 5.32 Å². The first kappa shape index (κ1) is 14.4. The van der Waals surface area contributed by atoms with Crippen molar-refractivity contribution in [3.63, 3.8) is 0 Å². The molecule has 2 unspecified atom stereocenters. The van der Waals surface area contributed by atoms with Crippen molar-refractivity contribution < 1.29 is 8.95 Å². The molecule has 0 fully saturated rings. The average Bonchev–Trinajstić information content (AvgIpc) is 2.28. The van der Waals surface area contributed by atoms with Gasteiger partial charge in [-0.15, -0.1) is 0 Å². The lowest BCUT2D eigenvalue weighted by Gasteiger charge is -2.15. The molecule has 0 amide bonds. The summed E-state index contributed by atoms with van der Waals surface area (Å²) in [5, 5.41) is 3.12. The molecule has 1 aromatic carbocycles. The van der Waals surface area contributed by atoms with E-state index in [1.165, 1.54) is 5.56 Å². The Kier molecular flexibility index (Phi) is 5.82. The van der Waals surface area contributed by atoms with Crippen molar-refractivity contribution in [2.24, 2.45) is 0 Å². The van der Waals surface area contributed by atoms with Gasteiger partial charge in [-0.2, -0.15) is 0 Å². The molecule has 0 spiro atoms. The number of hydrogen-bond acceptors (Lipinski definition) is 3. The number of hydrogen-bond donors (Lipinski definition) is 1. The monoisotopic (exact) mass is 255 g/mol. The van der Waals surface area contributed by atoms with Crippen LogP contribution in [0, 0.1) is 13.8 Å². The zero-order chi connectivity index (χ0) is 12.8. The summed E-state index contributed by atoms with van der Waals surface area (Å²) in [7, 11) is 2.54. The van der Waals surface area contributed by atoms with Gasteiger partial charge in [0.15, 0.2) is 0 Å². The Labute approximate surface area is 106 Å². The van der Waals surface area contributed by atoms with E-state index >= 15 is 0 Å². The van der Waals surface area contributed by atoms with Crippen LogP contribution in [0.5, 0.6) is 0 Å². The molecular weight excluding hydrogens is 234 g/mol. The second-order valence-corrected chi connectivity index (χ2v) is 5.69. The predicted molar refractivity (Wildman–Crippen MR) is 71.9 cm³/mol. The molecule has 0 saturated heterocycles. The summed E-state index contributed by atoms with van der Waals surface area (Å²) < 4.78 is 17.3. The summed E-state index contributed by atoms with van der Waals surface area (Å²) >= 11 is 0. The molecule has 0 aliphatic rings. The van der Waals surface area contributed by atoms with Gasteiger partial charge in [-0.1, -0.05) is 17.7 Å². The number of ether oxygens (including phenoxy) is 1. The highest BCUT2D eigenvalue weighted by molar-refractivity contribution is 7.85. The van der Waals surface area contributed by atoms with Crippen molar-refractivity contribution in [2.75, 3.05) is 26.5 Å². The van der Waals surface area contributed by atoms with Gasteiger partial charge in [0, 0.05) is 23.8 Å². The van der Waals surface area contributed by atoms with E-state index in [1.807, 2.05) is 33.0 Å². The Morgan fingerprint density at radius 1 is 1.41 bits per heavy atom. The van der Waals surface area contributed by atoms with Gasteiger partial charge < -0.3 is 10.1 Å². The normalized spacial score (nSPS) is 14.6.